The number of thiophene rings is 1. The van der Waals surface area contributed by atoms with Crippen LogP contribution >= 0.6 is 50.5 Å². The van der Waals surface area contributed by atoms with Crippen LogP contribution in [-0.2, 0) is 0 Å². The van der Waals surface area contributed by atoms with E-state index in [0.717, 1.165) is 34.3 Å². The van der Waals surface area contributed by atoms with Crippen LogP contribution in [0.25, 0.3) is 0 Å². The second kappa shape index (κ2) is 7.84. The molecule has 0 fully saturated rings. The number of methoxy groups -OCH3 is 1. The Kier molecular flexibility index (Phi) is 6.38. The van der Waals surface area contributed by atoms with E-state index in [0.29, 0.717) is 8.67 Å². The Hall–Kier alpha value is -0.260. The van der Waals surface area contributed by atoms with Crippen LogP contribution in [0.3, 0.4) is 0 Å². The molecule has 1 aromatic heterocycles. The van der Waals surface area contributed by atoms with Crippen molar-refractivity contribution in [2.75, 3.05) is 13.7 Å². The quantitative estimate of drug-likeness (QED) is 0.640. The highest BCUT2D eigenvalue weighted by molar-refractivity contribution is 9.10. The Bertz CT molecular complexity index is 618. The molecule has 1 N–H and O–H groups in total. The van der Waals surface area contributed by atoms with Gasteiger partial charge < -0.3 is 10.1 Å². The molecule has 0 saturated carbocycles. The number of rotatable bonds is 6. The lowest BCUT2D eigenvalue weighted by Crippen LogP contribution is -2.23. The lowest BCUT2D eigenvalue weighted by Gasteiger charge is -2.21. The standard InChI is InChI=1S/C15H16BrCl2NOS/c1-3-6-19-14(11-8-13(17)21-15(11)18)10-5-4-9(16)7-12(10)20-2/h4-5,7-8,14,19H,3,6H2,1-2H3. The fourth-order valence-corrected chi connectivity index (χ4v) is 4.02. The number of hydrogen-bond acceptors (Lipinski definition) is 3. The summed E-state index contributed by atoms with van der Waals surface area (Å²) in [5.74, 6) is 0.816. The summed E-state index contributed by atoms with van der Waals surface area (Å²) in [5.41, 5.74) is 2.03. The van der Waals surface area contributed by atoms with Gasteiger partial charge in [0.2, 0.25) is 0 Å². The fraction of sp³-hybridized carbons (Fsp3) is 0.333. The largest absolute Gasteiger partial charge is 0.496 e. The van der Waals surface area contributed by atoms with E-state index < -0.39 is 0 Å². The van der Waals surface area contributed by atoms with E-state index in [9.17, 15) is 0 Å². The Morgan fingerprint density at radius 2 is 2.05 bits per heavy atom. The summed E-state index contributed by atoms with van der Waals surface area (Å²) in [7, 11) is 1.67. The van der Waals surface area contributed by atoms with Crippen molar-refractivity contribution in [2.45, 2.75) is 19.4 Å². The normalized spacial score (nSPS) is 12.4. The zero-order valence-electron chi connectivity index (χ0n) is 11.8. The van der Waals surface area contributed by atoms with Crippen molar-refractivity contribution in [1.82, 2.24) is 5.32 Å². The number of halogens is 3. The maximum Gasteiger partial charge on any atom is 0.125 e. The molecule has 0 amide bonds. The van der Waals surface area contributed by atoms with Crippen LogP contribution in [0.15, 0.2) is 28.7 Å². The van der Waals surface area contributed by atoms with Crippen LogP contribution in [0, 0.1) is 0 Å². The van der Waals surface area contributed by atoms with Gasteiger partial charge in [-0.3, -0.25) is 0 Å². The van der Waals surface area contributed by atoms with Crippen LogP contribution in [0.1, 0.15) is 30.5 Å². The molecule has 21 heavy (non-hydrogen) atoms. The molecule has 0 radical (unpaired) electrons. The maximum absolute atomic E-state index is 6.34. The first-order valence-corrected chi connectivity index (χ1v) is 8.95. The summed E-state index contributed by atoms with van der Waals surface area (Å²) in [6.45, 7) is 3.01. The van der Waals surface area contributed by atoms with Crippen molar-refractivity contribution in [1.29, 1.82) is 0 Å². The van der Waals surface area contributed by atoms with Crippen molar-refractivity contribution >= 4 is 50.5 Å². The van der Waals surface area contributed by atoms with E-state index >= 15 is 0 Å². The van der Waals surface area contributed by atoms with Crippen LogP contribution in [0.4, 0.5) is 0 Å². The van der Waals surface area contributed by atoms with Gasteiger partial charge in [-0.15, -0.1) is 11.3 Å². The third-order valence-electron chi connectivity index (χ3n) is 3.10. The highest BCUT2D eigenvalue weighted by Gasteiger charge is 2.22. The van der Waals surface area contributed by atoms with E-state index in [2.05, 4.69) is 28.2 Å². The molecular formula is C15H16BrCl2NOS. The second-order valence-corrected chi connectivity index (χ2v) is 7.75. The molecule has 0 saturated heterocycles. The van der Waals surface area contributed by atoms with E-state index in [1.165, 1.54) is 11.3 Å². The first-order valence-electron chi connectivity index (χ1n) is 6.58. The first kappa shape index (κ1) is 17.1. The summed E-state index contributed by atoms with van der Waals surface area (Å²) >= 11 is 17.3. The van der Waals surface area contributed by atoms with Gasteiger partial charge in [0.25, 0.3) is 0 Å². The maximum atomic E-state index is 6.34. The Morgan fingerprint density at radius 1 is 1.29 bits per heavy atom. The Labute approximate surface area is 147 Å². The third kappa shape index (κ3) is 4.14. The number of ether oxygens (including phenoxy) is 1. The molecule has 114 valence electrons. The van der Waals surface area contributed by atoms with E-state index in [1.807, 2.05) is 24.3 Å². The molecule has 0 spiro atoms. The van der Waals surface area contributed by atoms with Crippen LogP contribution < -0.4 is 10.1 Å². The van der Waals surface area contributed by atoms with Crippen molar-refractivity contribution in [3.8, 4) is 5.75 Å². The SMILES string of the molecule is CCCNC(c1ccc(Br)cc1OC)c1cc(Cl)sc1Cl. The van der Waals surface area contributed by atoms with Crippen molar-refractivity contribution in [3.63, 3.8) is 0 Å². The van der Waals surface area contributed by atoms with Gasteiger partial charge in [-0.1, -0.05) is 52.1 Å². The summed E-state index contributed by atoms with van der Waals surface area (Å²) in [6, 6.07) is 7.88. The van der Waals surface area contributed by atoms with E-state index in [1.54, 1.807) is 7.11 Å². The van der Waals surface area contributed by atoms with Crippen LogP contribution in [0.2, 0.25) is 8.67 Å². The average Bonchev–Trinajstić information content (AvgIpc) is 2.79. The molecule has 0 aliphatic heterocycles. The molecule has 0 aliphatic carbocycles. The van der Waals surface area contributed by atoms with Gasteiger partial charge in [0, 0.05) is 15.6 Å². The lowest BCUT2D eigenvalue weighted by atomic mass is 10.00. The zero-order valence-corrected chi connectivity index (χ0v) is 15.7. The van der Waals surface area contributed by atoms with E-state index in [-0.39, 0.29) is 6.04 Å². The van der Waals surface area contributed by atoms with Crippen molar-refractivity contribution in [2.24, 2.45) is 0 Å². The Balaban J connectivity index is 2.47. The van der Waals surface area contributed by atoms with E-state index in [4.69, 9.17) is 27.9 Å². The van der Waals surface area contributed by atoms with Crippen LogP contribution in [0.5, 0.6) is 5.75 Å². The minimum Gasteiger partial charge on any atom is -0.496 e. The molecule has 2 aromatic rings. The van der Waals surface area contributed by atoms with Gasteiger partial charge in [0.05, 0.1) is 21.8 Å². The van der Waals surface area contributed by atoms with Gasteiger partial charge in [0.1, 0.15) is 5.75 Å². The van der Waals surface area contributed by atoms with Gasteiger partial charge >= 0.3 is 0 Å². The number of nitrogens with one attached hydrogen (secondary N) is 1. The molecule has 2 rings (SSSR count). The average molecular weight is 409 g/mol. The monoisotopic (exact) mass is 407 g/mol. The summed E-state index contributed by atoms with van der Waals surface area (Å²) in [4.78, 5) is 0. The molecule has 0 bridgehead atoms. The summed E-state index contributed by atoms with van der Waals surface area (Å²) in [6.07, 6.45) is 1.03. The van der Waals surface area contributed by atoms with Crippen molar-refractivity contribution < 1.29 is 4.74 Å². The van der Waals surface area contributed by atoms with Crippen molar-refractivity contribution in [3.05, 3.63) is 48.5 Å². The predicted molar refractivity (Wildman–Crippen MR) is 95.2 cm³/mol. The first-order chi connectivity index (χ1) is 10.1. The molecule has 2 nitrogen and oxygen atoms in total. The summed E-state index contributed by atoms with van der Waals surface area (Å²) in [5, 5.41) is 3.52. The molecule has 1 atom stereocenters. The summed E-state index contributed by atoms with van der Waals surface area (Å²) < 4.78 is 7.89. The van der Waals surface area contributed by atoms with Gasteiger partial charge in [0.15, 0.2) is 0 Å². The zero-order chi connectivity index (χ0) is 15.4. The number of hydrogen-bond donors (Lipinski definition) is 1. The molecule has 6 heteroatoms. The molecule has 1 unspecified atom stereocenters. The highest BCUT2D eigenvalue weighted by Crippen LogP contribution is 2.40. The molecule has 1 aromatic carbocycles. The predicted octanol–water partition coefficient (Wildman–Crippen LogP) is 5.92. The molecule has 0 aliphatic rings. The highest BCUT2D eigenvalue weighted by atomic mass is 79.9. The second-order valence-electron chi connectivity index (χ2n) is 4.55. The third-order valence-corrected chi connectivity index (χ3v) is 5.11. The minimum absolute atomic E-state index is 0.0377. The smallest absolute Gasteiger partial charge is 0.125 e. The molecular weight excluding hydrogens is 393 g/mol. The van der Waals surface area contributed by atoms with Gasteiger partial charge in [-0.2, -0.15) is 0 Å². The topological polar surface area (TPSA) is 21.3 Å². The molecule has 1 heterocycles. The number of benzene rings is 1. The van der Waals surface area contributed by atoms with Gasteiger partial charge in [-0.05, 0) is 31.2 Å². The lowest BCUT2D eigenvalue weighted by molar-refractivity contribution is 0.403. The van der Waals surface area contributed by atoms with Crippen LogP contribution in [-0.4, -0.2) is 13.7 Å². The minimum atomic E-state index is -0.0377. The fourth-order valence-electron chi connectivity index (χ4n) is 2.15. The Morgan fingerprint density at radius 3 is 2.62 bits per heavy atom. The van der Waals surface area contributed by atoms with Gasteiger partial charge in [-0.25, -0.2) is 0 Å².